The Balaban J connectivity index is 2.86. The van der Waals surface area contributed by atoms with Gasteiger partial charge in [-0.3, -0.25) is 0 Å². The molecule has 0 saturated heterocycles. The molecule has 0 aliphatic heterocycles. The Bertz CT molecular complexity index is 240. The molecule has 3 unspecified atom stereocenters. The highest BCUT2D eigenvalue weighted by atomic mass is 16.3. The van der Waals surface area contributed by atoms with Crippen LogP contribution in [0.1, 0.15) is 52.4 Å². The first-order valence-corrected chi connectivity index (χ1v) is 6.37. The van der Waals surface area contributed by atoms with E-state index in [1.165, 1.54) is 6.42 Å². The molecule has 1 rings (SSSR count). The molecular formula is C13H25NO2. The third kappa shape index (κ3) is 2.46. The number of hydrogen-bond donors (Lipinski definition) is 2. The monoisotopic (exact) mass is 227 g/mol. The second-order valence-corrected chi connectivity index (χ2v) is 5.50. The van der Waals surface area contributed by atoms with Gasteiger partial charge in [0.25, 0.3) is 0 Å². The van der Waals surface area contributed by atoms with Gasteiger partial charge in [-0.25, -0.2) is 0 Å². The first-order chi connectivity index (χ1) is 7.51. The third-order valence-electron chi connectivity index (χ3n) is 4.54. The van der Waals surface area contributed by atoms with E-state index in [1.807, 2.05) is 0 Å². The normalized spacial score (nSPS) is 34.4. The molecule has 1 fully saturated rings. The molecule has 1 aliphatic rings. The zero-order chi connectivity index (χ0) is 12.2. The van der Waals surface area contributed by atoms with Crippen LogP contribution in [0.15, 0.2) is 0 Å². The van der Waals surface area contributed by atoms with Crippen LogP contribution in [0.5, 0.6) is 0 Å². The van der Waals surface area contributed by atoms with Gasteiger partial charge in [-0.1, -0.05) is 26.2 Å². The van der Waals surface area contributed by atoms with Gasteiger partial charge in [0.1, 0.15) is 6.29 Å². The van der Waals surface area contributed by atoms with Crippen LogP contribution in [0.2, 0.25) is 0 Å². The maximum atomic E-state index is 10.7. The first kappa shape index (κ1) is 13.7. The van der Waals surface area contributed by atoms with Crippen LogP contribution in [0, 0.1) is 11.3 Å². The Morgan fingerprint density at radius 1 is 1.62 bits per heavy atom. The van der Waals surface area contributed by atoms with Gasteiger partial charge in [0.2, 0.25) is 0 Å². The number of hydrogen-bond acceptors (Lipinski definition) is 3. The second kappa shape index (κ2) is 5.28. The van der Waals surface area contributed by atoms with Crippen molar-refractivity contribution in [1.82, 2.24) is 0 Å². The Labute approximate surface area is 98.4 Å². The molecular weight excluding hydrogens is 202 g/mol. The Morgan fingerprint density at radius 3 is 2.81 bits per heavy atom. The van der Waals surface area contributed by atoms with Crippen LogP contribution >= 0.6 is 0 Å². The van der Waals surface area contributed by atoms with E-state index in [2.05, 4.69) is 6.92 Å². The minimum absolute atomic E-state index is 0.195. The van der Waals surface area contributed by atoms with Crippen molar-refractivity contribution < 1.29 is 9.90 Å². The SMILES string of the molecule is CCC1CCCC(CN)(C(C)(O)CC=O)C1. The van der Waals surface area contributed by atoms with Crippen LogP contribution in [0.3, 0.4) is 0 Å². The Morgan fingerprint density at radius 2 is 2.31 bits per heavy atom. The van der Waals surface area contributed by atoms with Gasteiger partial charge >= 0.3 is 0 Å². The number of carbonyl (C=O) groups excluding carboxylic acids is 1. The van der Waals surface area contributed by atoms with Crippen LogP contribution in [-0.4, -0.2) is 23.5 Å². The average Bonchev–Trinajstić information content (AvgIpc) is 2.28. The summed E-state index contributed by atoms with van der Waals surface area (Å²) >= 11 is 0. The van der Waals surface area contributed by atoms with Gasteiger partial charge in [0, 0.05) is 18.4 Å². The molecule has 0 aromatic rings. The number of aldehydes is 1. The highest BCUT2D eigenvalue weighted by Gasteiger charge is 2.47. The van der Waals surface area contributed by atoms with Crippen molar-refractivity contribution in [3.63, 3.8) is 0 Å². The summed E-state index contributed by atoms with van der Waals surface area (Å²) in [6.07, 6.45) is 6.40. The van der Waals surface area contributed by atoms with Crippen LogP contribution in [-0.2, 0) is 4.79 Å². The maximum absolute atomic E-state index is 10.7. The molecule has 0 aromatic heterocycles. The Hall–Kier alpha value is -0.410. The van der Waals surface area contributed by atoms with E-state index in [-0.39, 0.29) is 11.8 Å². The quantitative estimate of drug-likeness (QED) is 0.705. The van der Waals surface area contributed by atoms with Gasteiger partial charge in [-0.15, -0.1) is 0 Å². The number of rotatable bonds is 5. The van der Waals surface area contributed by atoms with Gasteiger partial charge in [0.15, 0.2) is 0 Å². The topological polar surface area (TPSA) is 63.3 Å². The van der Waals surface area contributed by atoms with E-state index in [0.717, 1.165) is 32.0 Å². The lowest BCUT2D eigenvalue weighted by Gasteiger charge is -2.49. The van der Waals surface area contributed by atoms with Crippen LogP contribution in [0.4, 0.5) is 0 Å². The van der Waals surface area contributed by atoms with Gasteiger partial charge < -0.3 is 15.6 Å². The molecule has 1 aliphatic carbocycles. The number of carbonyl (C=O) groups is 1. The average molecular weight is 227 g/mol. The molecule has 3 atom stereocenters. The minimum Gasteiger partial charge on any atom is -0.389 e. The molecule has 3 heteroatoms. The molecule has 3 N–H and O–H groups in total. The van der Waals surface area contributed by atoms with Gasteiger partial charge in [-0.05, 0) is 25.7 Å². The van der Waals surface area contributed by atoms with Crippen molar-refractivity contribution in [2.75, 3.05) is 6.54 Å². The summed E-state index contributed by atoms with van der Waals surface area (Å²) in [5, 5.41) is 10.5. The predicted molar refractivity (Wildman–Crippen MR) is 65.0 cm³/mol. The predicted octanol–water partition coefficient (Wildman–Crippen LogP) is 1.87. The van der Waals surface area contributed by atoms with E-state index in [4.69, 9.17) is 5.73 Å². The molecule has 0 heterocycles. The molecule has 3 nitrogen and oxygen atoms in total. The van der Waals surface area contributed by atoms with Crippen molar-refractivity contribution in [3.8, 4) is 0 Å². The summed E-state index contributed by atoms with van der Waals surface area (Å²) in [5.41, 5.74) is 4.69. The zero-order valence-electron chi connectivity index (χ0n) is 10.5. The fourth-order valence-corrected chi connectivity index (χ4v) is 3.11. The molecule has 0 aromatic carbocycles. The van der Waals surface area contributed by atoms with Crippen molar-refractivity contribution in [3.05, 3.63) is 0 Å². The van der Waals surface area contributed by atoms with E-state index < -0.39 is 5.60 Å². The third-order valence-corrected chi connectivity index (χ3v) is 4.54. The minimum atomic E-state index is -0.947. The lowest BCUT2D eigenvalue weighted by molar-refractivity contribution is -0.126. The second-order valence-electron chi connectivity index (χ2n) is 5.50. The number of aliphatic hydroxyl groups is 1. The summed E-state index contributed by atoms with van der Waals surface area (Å²) in [5.74, 6) is 0.649. The van der Waals surface area contributed by atoms with Crippen molar-refractivity contribution in [2.45, 2.75) is 58.0 Å². The van der Waals surface area contributed by atoms with Crippen LogP contribution in [0.25, 0.3) is 0 Å². The van der Waals surface area contributed by atoms with Gasteiger partial charge in [-0.2, -0.15) is 0 Å². The molecule has 16 heavy (non-hydrogen) atoms. The molecule has 94 valence electrons. The number of nitrogens with two attached hydrogens (primary N) is 1. The zero-order valence-corrected chi connectivity index (χ0v) is 10.5. The smallest absolute Gasteiger partial charge is 0.122 e. The summed E-state index contributed by atoms with van der Waals surface area (Å²) in [6.45, 7) is 4.43. The fourth-order valence-electron chi connectivity index (χ4n) is 3.11. The summed E-state index contributed by atoms with van der Waals surface area (Å²) in [6, 6.07) is 0. The van der Waals surface area contributed by atoms with E-state index in [9.17, 15) is 9.90 Å². The van der Waals surface area contributed by atoms with E-state index >= 15 is 0 Å². The van der Waals surface area contributed by atoms with Crippen LogP contribution < -0.4 is 5.73 Å². The van der Waals surface area contributed by atoms with E-state index in [0.29, 0.717) is 12.5 Å². The fraction of sp³-hybridized carbons (Fsp3) is 0.923. The standard InChI is InChI=1S/C13H25NO2/c1-3-11-5-4-6-13(9-11,10-14)12(2,16)7-8-15/h8,11,16H,3-7,9-10,14H2,1-2H3. The molecule has 0 amide bonds. The Kier molecular flexibility index (Phi) is 4.51. The summed E-state index contributed by atoms with van der Waals surface area (Å²) < 4.78 is 0. The molecule has 0 radical (unpaired) electrons. The maximum Gasteiger partial charge on any atom is 0.122 e. The molecule has 1 saturated carbocycles. The lowest BCUT2D eigenvalue weighted by atomic mass is 9.60. The van der Waals surface area contributed by atoms with Crippen molar-refractivity contribution in [2.24, 2.45) is 17.1 Å². The van der Waals surface area contributed by atoms with E-state index in [1.54, 1.807) is 6.92 Å². The highest BCUT2D eigenvalue weighted by molar-refractivity contribution is 5.51. The highest BCUT2D eigenvalue weighted by Crippen LogP contribution is 2.48. The molecule has 0 bridgehead atoms. The van der Waals surface area contributed by atoms with Crippen molar-refractivity contribution in [1.29, 1.82) is 0 Å². The van der Waals surface area contributed by atoms with Crippen molar-refractivity contribution >= 4 is 6.29 Å². The summed E-state index contributed by atoms with van der Waals surface area (Å²) in [7, 11) is 0. The van der Waals surface area contributed by atoms with Gasteiger partial charge in [0.05, 0.1) is 5.60 Å². The first-order valence-electron chi connectivity index (χ1n) is 6.37. The summed E-state index contributed by atoms with van der Waals surface area (Å²) in [4.78, 5) is 10.7. The largest absolute Gasteiger partial charge is 0.389 e. The lowest BCUT2D eigenvalue weighted by Crippen LogP contribution is -2.53. The molecule has 0 spiro atoms.